The van der Waals surface area contributed by atoms with Crippen molar-refractivity contribution in [3.63, 3.8) is 0 Å². The zero-order valence-electron chi connectivity index (χ0n) is 18.9. The molecule has 0 spiro atoms. The summed E-state index contributed by atoms with van der Waals surface area (Å²) in [6.07, 6.45) is 3.47. The Morgan fingerprint density at radius 3 is 2.67 bits per heavy atom. The van der Waals surface area contributed by atoms with Gasteiger partial charge in [0.1, 0.15) is 5.82 Å². The summed E-state index contributed by atoms with van der Waals surface area (Å²) in [5, 5.41) is 11.7. The quantitative estimate of drug-likeness (QED) is 0.668. The second kappa shape index (κ2) is 11.8. The van der Waals surface area contributed by atoms with Crippen molar-refractivity contribution in [3.8, 4) is 6.07 Å². The minimum Gasteiger partial charge on any atom is -0.342 e. The van der Waals surface area contributed by atoms with E-state index in [1.165, 1.54) is 0 Å². The Balaban J connectivity index is 1.53. The Morgan fingerprint density at radius 1 is 1.18 bits per heavy atom. The first kappa shape index (κ1) is 23.9. The maximum Gasteiger partial charge on any atom is 0.230 e. The minimum absolute atomic E-state index is 0.0554. The van der Waals surface area contributed by atoms with E-state index in [-0.39, 0.29) is 49.4 Å². The third kappa shape index (κ3) is 6.88. The maximum atomic E-state index is 12.8. The molecule has 1 atom stereocenters. The highest BCUT2D eigenvalue weighted by Gasteiger charge is 2.29. The van der Waals surface area contributed by atoms with Gasteiger partial charge in [0.2, 0.25) is 17.7 Å². The third-order valence-electron chi connectivity index (χ3n) is 5.68. The van der Waals surface area contributed by atoms with Crippen molar-refractivity contribution in [2.45, 2.75) is 39.0 Å². The summed E-state index contributed by atoms with van der Waals surface area (Å²) < 4.78 is 0. The lowest BCUT2D eigenvalue weighted by atomic mass is 9.96. The van der Waals surface area contributed by atoms with Gasteiger partial charge < -0.3 is 15.1 Å². The van der Waals surface area contributed by atoms with Crippen molar-refractivity contribution in [1.29, 1.82) is 5.26 Å². The Kier molecular flexibility index (Phi) is 8.53. The number of benzene rings is 1. The largest absolute Gasteiger partial charge is 0.342 e. The van der Waals surface area contributed by atoms with E-state index in [0.717, 1.165) is 12.0 Å². The van der Waals surface area contributed by atoms with E-state index in [1.54, 1.807) is 22.1 Å². The molecule has 2 heterocycles. The molecule has 8 nitrogen and oxygen atoms in total. The van der Waals surface area contributed by atoms with Crippen LogP contribution in [0.1, 0.15) is 37.7 Å². The Morgan fingerprint density at radius 2 is 1.97 bits per heavy atom. The van der Waals surface area contributed by atoms with Gasteiger partial charge in [-0.2, -0.15) is 5.26 Å². The molecule has 0 saturated carbocycles. The molecular formula is C25H29N5O3. The van der Waals surface area contributed by atoms with Crippen LogP contribution in [-0.4, -0.2) is 47.2 Å². The van der Waals surface area contributed by atoms with E-state index in [2.05, 4.69) is 16.4 Å². The summed E-state index contributed by atoms with van der Waals surface area (Å²) in [4.78, 5) is 45.7. The van der Waals surface area contributed by atoms with Crippen LogP contribution < -0.4 is 10.2 Å². The highest BCUT2D eigenvalue weighted by molar-refractivity contribution is 5.96. The van der Waals surface area contributed by atoms with Crippen molar-refractivity contribution in [2.24, 2.45) is 5.92 Å². The average molecular weight is 448 g/mol. The molecule has 0 aliphatic carbocycles. The summed E-state index contributed by atoms with van der Waals surface area (Å²) in [6.45, 7) is 3.13. The molecule has 2 aromatic rings. The SMILES string of the molecule is Cc1ccc(NC(=O)C2CCCN(C(=O)CCC(=O)N(CCC#N)c3ccccc3)C2)nc1. The van der Waals surface area contributed by atoms with Crippen molar-refractivity contribution in [1.82, 2.24) is 9.88 Å². The average Bonchev–Trinajstić information content (AvgIpc) is 2.85. The number of carbonyl (C=O) groups is 3. The van der Waals surface area contributed by atoms with Crippen LogP contribution in [0.4, 0.5) is 11.5 Å². The number of piperidine rings is 1. The van der Waals surface area contributed by atoms with E-state index in [1.807, 2.05) is 43.3 Å². The molecule has 3 rings (SSSR count). The summed E-state index contributed by atoms with van der Waals surface area (Å²) in [7, 11) is 0. The summed E-state index contributed by atoms with van der Waals surface area (Å²) >= 11 is 0. The Hall–Kier alpha value is -3.73. The van der Waals surface area contributed by atoms with Gasteiger partial charge in [0, 0.05) is 44.4 Å². The minimum atomic E-state index is -0.307. The number of carbonyl (C=O) groups excluding carboxylic acids is 3. The van der Waals surface area contributed by atoms with Crippen LogP contribution in [0.5, 0.6) is 0 Å². The van der Waals surface area contributed by atoms with Crippen molar-refractivity contribution in [2.75, 3.05) is 29.9 Å². The first-order valence-electron chi connectivity index (χ1n) is 11.2. The fourth-order valence-electron chi connectivity index (χ4n) is 3.86. The number of rotatable bonds is 8. The van der Waals surface area contributed by atoms with Gasteiger partial charge >= 0.3 is 0 Å². The molecule has 33 heavy (non-hydrogen) atoms. The Labute approximate surface area is 194 Å². The molecule has 1 aliphatic heterocycles. The van der Waals surface area contributed by atoms with E-state index >= 15 is 0 Å². The lowest BCUT2D eigenvalue weighted by Crippen LogP contribution is -2.44. The van der Waals surface area contributed by atoms with Gasteiger partial charge in [0.05, 0.1) is 18.4 Å². The standard InChI is InChI=1S/C25H29N5O3/c1-19-10-11-22(27-17-19)28-25(33)20-7-5-15-29(18-20)23(31)12-13-24(32)30(16-6-14-26)21-8-3-2-4-9-21/h2-4,8-11,17,20H,5-7,12-13,15-16,18H2,1H3,(H,27,28,33). The molecule has 1 aromatic carbocycles. The van der Waals surface area contributed by atoms with Gasteiger partial charge in [-0.1, -0.05) is 24.3 Å². The predicted octanol–water partition coefficient (Wildman–Crippen LogP) is 3.29. The number of hydrogen-bond donors (Lipinski definition) is 1. The smallest absolute Gasteiger partial charge is 0.230 e. The van der Waals surface area contributed by atoms with Gasteiger partial charge in [-0.15, -0.1) is 0 Å². The number of likely N-dealkylation sites (tertiary alicyclic amines) is 1. The first-order chi connectivity index (χ1) is 16.0. The number of aromatic nitrogens is 1. The molecule has 172 valence electrons. The molecular weight excluding hydrogens is 418 g/mol. The molecule has 1 aromatic heterocycles. The van der Waals surface area contributed by atoms with E-state index in [0.29, 0.717) is 31.0 Å². The number of nitriles is 1. The van der Waals surface area contributed by atoms with Crippen molar-refractivity contribution in [3.05, 3.63) is 54.2 Å². The molecule has 1 N–H and O–H groups in total. The molecule has 1 aliphatic rings. The van der Waals surface area contributed by atoms with E-state index < -0.39 is 0 Å². The molecule has 0 bridgehead atoms. The number of nitrogens with zero attached hydrogens (tertiary/aromatic N) is 4. The third-order valence-corrected chi connectivity index (χ3v) is 5.68. The van der Waals surface area contributed by atoms with Crippen molar-refractivity contribution < 1.29 is 14.4 Å². The van der Waals surface area contributed by atoms with Crippen LogP contribution in [0, 0.1) is 24.2 Å². The summed E-state index contributed by atoms with van der Waals surface area (Å²) in [6, 6.07) is 14.9. The fourth-order valence-corrected chi connectivity index (χ4v) is 3.86. The van der Waals surface area contributed by atoms with Crippen LogP contribution in [0.15, 0.2) is 48.7 Å². The molecule has 3 amide bonds. The topological polar surface area (TPSA) is 106 Å². The van der Waals surface area contributed by atoms with Gasteiger partial charge in [0.25, 0.3) is 0 Å². The first-order valence-corrected chi connectivity index (χ1v) is 11.2. The number of nitrogens with one attached hydrogen (secondary N) is 1. The molecule has 0 radical (unpaired) electrons. The Bertz CT molecular complexity index is 1000. The van der Waals surface area contributed by atoms with Crippen LogP contribution in [0.25, 0.3) is 0 Å². The van der Waals surface area contributed by atoms with Gasteiger partial charge in [-0.25, -0.2) is 4.98 Å². The zero-order chi connectivity index (χ0) is 23.6. The monoisotopic (exact) mass is 447 g/mol. The number of hydrogen-bond acceptors (Lipinski definition) is 5. The second-order valence-electron chi connectivity index (χ2n) is 8.18. The van der Waals surface area contributed by atoms with E-state index in [9.17, 15) is 14.4 Å². The summed E-state index contributed by atoms with van der Waals surface area (Å²) in [5.74, 6) is -0.285. The van der Waals surface area contributed by atoms with Gasteiger partial charge in [-0.05, 0) is 43.5 Å². The lowest BCUT2D eigenvalue weighted by molar-refractivity contribution is -0.136. The fraction of sp³-hybridized carbons (Fsp3) is 0.400. The second-order valence-corrected chi connectivity index (χ2v) is 8.18. The highest BCUT2D eigenvalue weighted by Crippen LogP contribution is 2.20. The molecule has 1 fully saturated rings. The molecule has 1 saturated heterocycles. The maximum absolute atomic E-state index is 12.8. The lowest BCUT2D eigenvalue weighted by Gasteiger charge is -2.32. The van der Waals surface area contributed by atoms with Crippen LogP contribution in [-0.2, 0) is 14.4 Å². The van der Waals surface area contributed by atoms with Crippen molar-refractivity contribution >= 4 is 29.2 Å². The highest BCUT2D eigenvalue weighted by atomic mass is 16.2. The van der Waals surface area contributed by atoms with Crippen LogP contribution in [0.2, 0.25) is 0 Å². The number of amides is 3. The number of aryl methyl sites for hydroxylation is 1. The molecule has 8 heteroatoms. The van der Waals surface area contributed by atoms with Gasteiger partial charge in [0.15, 0.2) is 0 Å². The predicted molar refractivity (Wildman–Crippen MR) is 125 cm³/mol. The normalized spacial score (nSPS) is 15.4. The number of anilines is 2. The zero-order valence-corrected chi connectivity index (χ0v) is 18.9. The number of pyridine rings is 1. The summed E-state index contributed by atoms with van der Waals surface area (Å²) in [5.41, 5.74) is 1.72. The number of para-hydroxylation sites is 1. The van der Waals surface area contributed by atoms with E-state index in [4.69, 9.17) is 5.26 Å². The molecule has 1 unspecified atom stereocenters. The van der Waals surface area contributed by atoms with Gasteiger partial charge in [-0.3, -0.25) is 14.4 Å². The van der Waals surface area contributed by atoms with Crippen LogP contribution in [0.3, 0.4) is 0 Å². The van der Waals surface area contributed by atoms with Crippen LogP contribution >= 0.6 is 0 Å².